The van der Waals surface area contributed by atoms with Gasteiger partial charge >= 0.3 is 5.97 Å². The molecule has 0 aromatic carbocycles. The van der Waals surface area contributed by atoms with Gasteiger partial charge in [0.25, 0.3) is 0 Å². The Hall–Kier alpha value is -1.33. The lowest BCUT2D eigenvalue weighted by molar-refractivity contribution is -0.135. The van der Waals surface area contributed by atoms with E-state index < -0.39 is 17.4 Å². The minimum atomic E-state index is -1.12. The predicted octanol–water partition coefficient (Wildman–Crippen LogP) is -0.925. The Kier molecular flexibility index (Phi) is 3.94. The molecule has 0 aromatic rings. The molecule has 0 rings (SSSR count). The van der Waals surface area contributed by atoms with Crippen molar-refractivity contribution in [3.8, 4) is 0 Å². The zero-order valence-corrected chi connectivity index (χ0v) is 5.90. The molecule has 1 N–H and O–H groups in total. The monoisotopic (exact) mass is 155 g/mol. The van der Waals surface area contributed by atoms with Gasteiger partial charge in [0.1, 0.15) is 5.68 Å². The van der Waals surface area contributed by atoms with Crippen LogP contribution < -0.4 is 0 Å². The third-order valence-electron chi connectivity index (χ3n) is 0.802. The largest absolute Gasteiger partial charge is 0.461 e. The van der Waals surface area contributed by atoms with Crippen molar-refractivity contribution in [2.24, 2.45) is 5.16 Å². The van der Waals surface area contributed by atoms with Gasteiger partial charge in [-0.15, -0.1) is 0 Å². The molecule has 6 heteroatoms. The first-order valence-electron chi connectivity index (χ1n) is 2.82. The summed E-state index contributed by atoms with van der Waals surface area (Å²) in [4.78, 5) is 20.9. The van der Waals surface area contributed by atoms with Gasteiger partial charge in [-0.3, -0.25) is 0 Å². The zero-order chi connectivity index (χ0) is 8.85. The number of nitrogens with zero attached hydrogens (tertiary/aromatic N) is 1. The molecule has 0 aliphatic carbocycles. The van der Waals surface area contributed by atoms with E-state index in [9.17, 15) is 9.59 Å². The molecule has 0 atom stereocenters. The molecule has 0 bridgehead atoms. The van der Waals surface area contributed by atoms with Crippen molar-refractivity contribution in [1.82, 2.24) is 0 Å². The van der Waals surface area contributed by atoms with Crippen LogP contribution >= 0.6 is 0 Å². The van der Waals surface area contributed by atoms with Gasteiger partial charge in [-0.2, -0.15) is 0 Å². The number of carbonyl (C=O) groups is 2. The summed E-state index contributed by atoms with van der Waals surface area (Å²) in [5.74, 6) is -1.03. The van der Waals surface area contributed by atoms with Crippen LogP contribution in [0.5, 0.6) is 0 Å². The molecule has 0 saturated carbocycles. The normalized spacial score (nSPS) is 10.8. The van der Waals surface area contributed by atoms with Gasteiger partial charge in [0.15, 0.2) is 7.85 Å². The van der Waals surface area contributed by atoms with Crippen LogP contribution in [0.4, 0.5) is 0 Å². The minimum absolute atomic E-state index is 0.0884. The van der Waals surface area contributed by atoms with E-state index in [1.807, 2.05) is 0 Å². The summed E-state index contributed by atoms with van der Waals surface area (Å²) in [6, 6.07) is 0. The maximum Gasteiger partial charge on any atom is 0.363 e. The second kappa shape index (κ2) is 4.48. The Labute approximate surface area is 64.4 Å². The van der Waals surface area contributed by atoms with Crippen LogP contribution in [0.3, 0.4) is 0 Å². The Balaban J connectivity index is 4.29. The fourth-order valence-electron chi connectivity index (χ4n) is 0.390. The highest BCUT2D eigenvalue weighted by atomic mass is 16.5. The van der Waals surface area contributed by atoms with Crippen molar-refractivity contribution >= 4 is 25.2 Å². The summed E-state index contributed by atoms with van der Waals surface area (Å²) in [5.41, 5.74) is -1.92. The summed E-state index contributed by atoms with van der Waals surface area (Å²) in [6.45, 7) is 1.64. The van der Waals surface area contributed by atoms with Crippen molar-refractivity contribution in [2.75, 3.05) is 6.61 Å². The Bertz CT molecular complexity index is 201. The van der Waals surface area contributed by atoms with Crippen LogP contribution in [0, 0.1) is 0 Å². The average Bonchev–Trinajstić information content (AvgIpc) is 1.88. The molecule has 0 aliphatic heterocycles. The number of ether oxygens (including phenoxy) is 1. The fraction of sp³-hybridized carbons (Fsp3) is 0.400. The lowest BCUT2D eigenvalue weighted by Crippen LogP contribution is -2.26. The molecule has 5 nitrogen and oxygen atoms in total. The van der Waals surface area contributed by atoms with Crippen LogP contribution in [0.15, 0.2) is 5.16 Å². The quantitative estimate of drug-likeness (QED) is 0.143. The number of carbonyl (C=O) groups excluding carboxylic acids is 2. The van der Waals surface area contributed by atoms with E-state index in [1.54, 1.807) is 6.92 Å². The van der Waals surface area contributed by atoms with Gasteiger partial charge in [0.2, 0.25) is 5.71 Å². The molecule has 2 radical (unpaired) electrons. The van der Waals surface area contributed by atoms with Crippen LogP contribution in [0.2, 0.25) is 0 Å². The van der Waals surface area contributed by atoms with Gasteiger partial charge in [0, 0.05) is 0 Å². The summed E-state index contributed by atoms with van der Waals surface area (Å²) in [5, 5.41) is 10.5. The topological polar surface area (TPSA) is 76.0 Å². The molecule has 0 heterocycles. The first kappa shape index (κ1) is 9.67. The fourth-order valence-corrected chi connectivity index (χ4v) is 0.390. The molecule has 0 unspecified atom stereocenters. The molecular formula is C5H6BNO4. The van der Waals surface area contributed by atoms with Crippen LogP contribution in [-0.4, -0.2) is 37.0 Å². The number of oxime groups is 1. The van der Waals surface area contributed by atoms with E-state index in [2.05, 4.69) is 17.7 Å². The molecule has 0 aliphatic rings. The molecular weight excluding hydrogens is 149 g/mol. The van der Waals surface area contributed by atoms with Crippen LogP contribution in [0.1, 0.15) is 6.92 Å². The molecule has 0 saturated heterocycles. The van der Waals surface area contributed by atoms with Crippen molar-refractivity contribution in [2.45, 2.75) is 6.92 Å². The van der Waals surface area contributed by atoms with Crippen LogP contribution in [-0.2, 0) is 14.3 Å². The van der Waals surface area contributed by atoms with Crippen molar-refractivity contribution in [1.29, 1.82) is 0 Å². The highest BCUT2D eigenvalue weighted by Gasteiger charge is 2.17. The third kappa shape index (κ3) is 2.84. The third-order valence-corrected chi connectivity index (χ3v) is 0.802. The molecule has 0 amide bonds. The zero-order valence-electron chi connectivity index (χ0n) is 5.90. The molecule has 11 heavy (non-hydrogen) atoms. The average molecular weight is 155 g/mol. The maximum atomic E-state index is 10.6. The van der Waals surface area contributed by atoms with E-state index in [4.69, 9.17) is 5.21 Å². The summed E-state index contributed by atoms with van der Waals surface area (Å²) < 4.78 is 4.33. The first-order valence-corrected chi connectivity index (χ1v) is 2.82. The van der Waals surface area contributed by atoms with Gasteiger partial charge in [-0.05, 0) is 6.92 Å². The smallest absolute Gasteiger partial charge is 0.363 e. The summed E-state index contributed by atoms with van der Waals surface area (Å²) >= 11 is 0. The van der Waals surface area contributed by atoms with Gasteiger partial charge in [-0.1, -0.05) is 5.16 Å². The second-order valence-corrected chi connectivity index (χ2v) is 1.53. The van der Waals surface area contributed by atoms with Crippen molar-refractivity contribution < 1.29 is 19.5 Å². The molecule has 0 fully saturated rings. The molecule has 58 valence electrons. The first-order chi connectivity index (χ1) is 5.13. The van der Waals surface area contributed by atoms with Crippen molar-refractivity contribution in [3.63, 3.8) is 0 Å². The van der Waals surface area contributed by atoms with E-state index >= 15 is 0 Å². The highest BCUT2D eigenvalue weighted by molar-refractivity contribution is 6.87. The number of hydrogen-bond donors (Lipinski definition) is 1. The number of hydrogen-bond acceptors (Lipinski definition) is 5. The lowest BCUT2D eigenvalue weighted by Gasteiger charge is -1.98. The maximum absolute atomic E-state index is 10.6. The van der Waals surface area contributed by atoms with E-state index in [1.165, 1.54) is 0 Å². The van der Waals surface area contributed by atoms with Crippen LogP contribution in [0.25, 0.3) is 0 Å². The Morgan fingerprint density at radius 2 is 2.18 bits per heavy atom. The van der Waals surface area contributed by atoms with Crippen molar-refractivity contribution in [3.05, 3.63) is 0 Å². The summed E-state index contributed by atoms with van der Waals surface area (Å²) in [6.07, 6.45) is 0. The summed E-state index contributed by atoms with van der Waals surface area (Å²) in [7, 11) is 4.65. The van der Waals surface area contributed by atoms with E-state index in [0.717, 1.165) is 0 Å². The lowest BCUT2D eigenvalue weighted by atomic mass is 9.98. The van der Waals surface area contributed by atoms with E-state index in [0.29, 0.717) is 0 Å². The highest BCUT2D eigenvalue weighted by Crippen LogP contribution is 1.84. The molecule has 0 spiro atoms. The second-order valence-electron chi connectivity index (χ2n) is 1.53. The standard InChI is InChI=1S/C5H6BNO4/c1-2-11-5(9)3(7-10)4(6)8/h10H,2H2,1H3/b7-3-. The van der Waals surface area contributed by atoms with E-state index in [-0.39, 0.29) is 6.61 Å². The predicted molar refractivity (Wildman–Crippen MR) is 36.6 cm³/mol. The Morgan fingerprint density at radius 1 is 1.64 bits per heavy atom. The SMILES string of the molecule is [B]C(=O)/C(=N/O)C(=O)OCC. The van der Waals surface area contributed by atoms with Gasteiger partial charge in [0.05, 0.1) is 6.61 Å². The number of rotatable bonds is 3. The van der Waals surface area contributed by atoms with Gasteiger partial charge in [-0.25, -0.2) is 4.79 Å². The Morgan fingerprint density at radius 3 is 2.45 bits per heavy atom. The minimum Gasteiger partial charge on any atom is -0.461 e. The number of esters is 1. The van der Waals surface area contributed by atoms with Gasteiger partial charge < -0.3 is 14.7 Å². The molecule has 0 aromatic heterocycles.